The Hall–Kier alpha value is -2.46. The third kappa shape index (κ3) is 7.75. The van der Waals surface area contributed by atoms with Crippen molar-refractivity contribution >= 4 is 5.78 Å². The zero-order valence-electron chi connectivity index (χ0n) is 15.8. The molecule has 2 rings (SSSR count). The van der Waals surface area contributed by atoms with Gasteiger partial charge in [-0.1, -0.05) is 18.9 Å². The first-order chi connectivity index (χ1) is 13.2. The lowest BCUT2D eigenvalue weighted by Gasteiger charge is -2.07. The van der Waals surface area contributed by atoms with Crippen LogP contribution in [0.15, 0.2) is 61.2 Å². The fourth-order valence-electron chi connectivity index (χ4n) is 2.70. The molecule has 4 heteroatoms. The first-order valence-electron chi connectivity index (χ1n) is 9.55. The van der Waals surface area contributed by atoms with E-state index in [1.165, 1.54) is 37.1 Å². The Morgan fingerprint density at radius 2 is 1.56 bits per heavy atom. The maximum absolute atomic E-state index is 13.0. The molecule has 0 heterocycles. The Morgan fingerprint density at radius 3 is 2.22 bits per heavy atom. The minimum Gasteiger partial charge on any atom is -0.494 e. The second-order valence-electron chi connectivity index (χ2n) is 6.45. The molecular formula is C23H28FNO2. The van der Waals surface area contributed by atoms with E-state index in [0.29, 0.717) is 17.7 Å². The Balaban J connectivity index is 1.63. The maximum Gasteiger partial charge on any atom is 0.193 e. The lowest BCUT2D eigenvalue weighted by Crippen LogP contribution is -2.15. The number of carbonyl (C=O) groups excluding carboxylic acids is 1. The molecule has 0 aromatic heterocycles. The number of ether oxygens (including phenoxy) is 1. The van der Waals surface area contributed by atoms with Gasteiger partial charge in [-0.2, -0.15) is 0 Å². The zero-order chi connectivity index (χ0) is 19.3. The molecule has 0 bridgehead atoms. The summed E-state index contributed by atoms with van der Waals surface area (Å²) in [7, 11) is 0. The minimum atomic E-state index is -0.348. The Bertz CT molecular complexity index is 695. The van der Waals surface area contributed by atoms with E-state index in [-0.39, 0.29) is 11.6 Å². The fourth-order valence-corrected chi connectivity index (χ4v) is 2.70. The van der Waals surface area contributed by atoms with E-state index in [4.69, 9.17) is 4.74 Å². The average Bonchev–Trinajstić information content (AvgIpc) is 2.70. The fraction of sp³-hybridized carbons (Fsp3) is 0.348. The lowest BCUT2D eigenvalue weighted by atomic mass is 10.0. The van der Waals surface area contributed by atoms with Gasteiger partial charge in [0.2, 0.25) is 0 Å². The number of halogens is 1. The number of carbonyl (C=O) groups is 1. The molecule has 0 saturated heterocycles. The summed E-state index contributed by atoms with van der Waals surface area (Å²) >= 11 is 0. The molecule has 0 atom stereocenters. The molecular weight excluding hydrogens is 341 g/mol. The number of hydrogen-bond donors (Lipinski definition) is 1. The number of unbranched alkanes of at least 4 members (excludes halogenated alkanes) is 3. The highest BCUT2D eigenvalue weighted by molar-refractivity contribution is 6.08. The molecule has 144 valence electrons. The molecule has 1 N–H and O–H groups in total. The zero-order valence-corrected chi connectivity index (χ0v) is 15.8. The molecule has 0 fully saturated rings. The van der Waals surface area contributed by atoms with Crippen molar-refractivity contribution in [3.05, 3.63) is 78.1 Å². The standard InChI is InChI=1S/C23H28FNO2/c1-2-3-16-25-17-6-4-5-7-18-27-22-14-10-20(11-15-22)23(26)19-8-12-21(24)13-9-19/h2,8-15,25H,1,3-7,16-18H2. The van der Waals surface area contributed by atoms with Gasteiger partial charge in [0.25, 0.3) is 0 Å². The van der Waals surface area contributed by atoms with Crippen molar-refractivity contribution in [3.8, 4) is 5.75 Å². The van der Waals surface area contributed by atoms with Gasteiger partial charge in [0.1, 0.15) is 11.6 Å². The summed E-state index contributed by atoms with van der Waals surface area (Å²) in [6.07, 6.45) is 7.47. The summed E-state index contributed by atoms with van der Waals surface area (Å²) in [6, 6.07) is 12.7. The SMILES string of the molecule is C=CCCNCCCCCCOc1ccc(C(=O)c2ccc(F)cc2)cc1. The highest BCUT2D eigenvalue weighted by Gasteiger charge is 2.09. The van der Waals surface area contributed by atoms with Gasteiger partial charge < -0.3 is 10.1 Å². The van der Waals surface area contributed by atoms with Crippen molar-refractivity contribution in [2.75, 3.05) is 19.7 Å². The quantitative estimate of drug-likeness (QED) is 0.301. The monoisotopic (exact) mass is 369 g/mol. The van der Waals surface area contributed by atoms with Crippen molar-refractivity contribution in [3.63, 3.8) is 0 Å². The van der Waals surface area contributed by atoms with Crippen LogP contribution in [0.2, 0.25) is 0 Å². The van der Waals surface area contributed by atoms with Crippen LogP contribution in [0.25, 0.3) is 0 Å². The molecule has 0 aliphatic heterocycles. The summed E-state index contributed by atoms with van der Waals surface area (Å²) in [5, 5.41) is 3.38. The molecule has 0 amide bonds. The van der Waals surface area contributed by atoms with Crippen LogP contribution in [-0.2, 0) is 0 Å². The Morgan fingerprint density at radius 1 is 0.926 bits per heavy atom. The molecule has 0 saturated carbocycles. The molecule has 0 spiro atoms. The number of ketones is 1. The van der Waals surface area contributed by atoms with Gasteiger partial charge in [0.05, 0.1) is 6.61 Å². The van der Waals surface area contributed by atoms with E-state index in [1.54, 1.807) is 24.3 Å². The molecule has 0 unspecified atom stereocenters. The largest absolute Gasteiger partial charge is 0.494 e. The molecule has 3 nitrogen and oxygen atoms in total. The van der Waals surface area contributed by atoms with Gasteiger partial charge in [-0.15, -0.1) is 6.58 Å². The third-order valence-electron chi connectivity index (χ3n) is 4.26. The van der Waals surface area contributed by atoms with E-state index in [2.05, 4.69) is 11.9 Å². The van der Waals surface area contributed by atoms with Crippen LogP contribution in [0, 0.1) is 5.82 Å². The van der Waals surface area contributed by atoms with Crippen molar-refractivity contribution in [2.24, 2.45) is 0 Å². The van der Waals surface area contributed by atoms with Crippen LogP contribution in [0.5, 0.6) is 5.75 Å². The van der Waals surface area contributed by atoms with Gasteiger partial charge >= 0.3 is 0 Å². The van der Waals surface area contributed by atoms with E-state index in [9.17, 15) is 9.18 Å². The smallest absolute Gasteiger partial charge is 0.193 e. The number of hydrogen-bond acceptors (Lipinski definition) is 3. The van der Waals surface area contributed by atoms with E-state index >= 15 is 0 Å². The van der Waals surface area contributed by atoms with Crippen LogP contribution in [-0.4, -0.2) is 25.5 Å². The number of benzene rings is 2. The first kappa shape index (κ1) is 20.8. The van der Waals surface area contributed by atoms with Crippen LogP contribution >= 0.6 is 0 Å². The number of rotatable bonds is 13. The number of nitrogens with one attached hydrogen (secondary N) is 1. The molecule has 0 aliphatic rings. The predicted molar refractivity (Wildman–Crippen MR) is 108 cm³/mol. The van der Waals surface area contributed by atoms with Crippen LogP contribution in [0.3, 0.4) is 0 Å². The van der Waals surface area contributed by atoms with Crippen molar-refractivity contribution in [2.45, 2.75) is 32.1 Å². The summed E-state index contributed by atoms with van der Waals surface area (Å²) in [6.45, 7) is 6.44. The summed E-state index contributed by atoms with van der Waals surface area (Å²) in [5.74, 6) is 0.291. The van der Waals surface area contributed by atoms with Gasteiger partial charge in [-0.05, 0) is 80.9 Å². The highest BCUT2D eigenvalue weighted by atomic mass is 19.1. The Labute approximate surface area is 161 Å². The summed E-state index contributed by atoms with van der Waals surface area (Å²) < 4.78 is 18.7. The first-order valence-corrected chi connectivity index (χ1v) is 9.55. The summed E-state index contributed by atoms with van der Waals surface area (Å²) in [4.78, 5) is 12.3. The Kier molecular flexibility index (Phi) is 9.28. The molecule has 27 heavy (non-hydrogen) atoms. The normalized spacial score (nSPS) is 10.6. The molecule has 2 aromatic carbocycles. The van der Waals surface area contributed by atoms with Gasteiger partial charge in [0.15, 0.2) is 5.78 Å². The third-order valence-corrected chi connectivity index (χ3v) is 4.26. The van der Waals surface area contributed by atoms with Crippen molar-refractivity contribution < 1.29 is 13.9 Å². The second kappa shape index (κ2) is 12.0. The molecule has 2 aromatic rings. The second-order valence-corrected chi connectivity index (χ2v) is 6.45. The molecule has 0 radical (unpaired) electrons. The molecule has 0 aliphatic carbocycles. The highest BCUT2D eigenvalue weighted by Crippen LogP contribution is 2.16. The van der Waals surface area contributed by atoms with Crippen LogP contribution < -0.4 is 10.1 Å². The topological polar surface area (TPSA) is 38.3 Å². The van der Waals surface area contributed by atoms with E-state index in [0.717, 1.165) is 38.1 Å². The maximum atomic E-state index is 13.0. The van der Waals surface area contributed by atoms with E-state index < -0.39 is 0 Å². The van der Waals surface area contributed by atoms with Crippen molar-refractivity contribution in [1.82, 2.24) is 5.32 Å². The average molecular weight is 369 g/mol. The van der Waals surface area contributed by atoms with Crippen LogP contribution in [0.4, 0.5) is 4.39 Å². The van der Waals surface area contributed by atoms with Crippen LogP contribution in [0.1, 0.15) is 48.0 Å². The predicted octanol–water partition coefficient (Wildman–Crippen LogP) is 5.16. The van der Waals surface area contributed by atoms with Gasteiger partial charge in [-0.25, -0.2) is 4.39 Å². The van der Waals surface area contributed by atoms with Gasteiger partial charge in [0, 0.05) is 11.1 Å². The van der Waals surface area contributed by atoms with E-state index in [1.807, 2.05) is 6.08 Å². The minimum absolute atomic E-state index is 0.122. The van der Waals surface area contributed by atoms with Crippen molar-refractivity contribution in [1.29, 1.82) is 0 Å². The lowest BCUT2D eigenvalue weighted by molar-refractivity contribution is 0.103. The van der Waals surface area contributed by atoms with Gasteiger partial charge in [-0.3, -0.25) is 4.79 Å². The summed E-state index contributed by atoms with van der Waals surface area (Å²) in [5.41, 5.74) is 1.04.